The van der Waals surface area contributed by atoms with Gasteiger partial charge in [-0.3, -0.25) is 9.69 Å². The van der Waals surface area contributed by atoms with Gasteiger partial charge in [-0.05, 0) is 31.5 Å². The van der Waals surface area contributed by atoms with E-state index >= 15 is 0 Å². The number of phenolic OH excluding ortho intramolecular Hbond substituents is 1. The third-order valence-corrected chi connectivity index (χ3v) is 6.42. The fourth-order valence-corrected chi connectivity index (χ4v) is 4.50. The van der Waals surface area contributed by atoms with Crippen LogP contribution in [0.4, 0.5) is 5.69 Å². The normalized spacial score (nSPS) is 15.0. The second-order valence-electron chi connectivity index (χ2n) is 8.36. The molecule has 3 rings (SSSR count). The Morgan fingerprint density at radius 1 is 1.05 bits per heavy atom. The van der Waals surface area contributed by atoms with Crippen LogP contribution in [0.1, 0.15) is 35.7 Å². The number of hydrogen-bond acceptors (Lipinski definition) is 10. The van der Waals surface area contributed by atoms with Crippen LogP contribution < -0.4 is 15.4 Å². The van der Waals surface area contributed by atoms with Crippen LogP contribution in [0.5, 0.6) is 11.5 Å². The van der Waals surface area contributed by atoms with Crippen molar-refractivity contribution in [1.29, 1.82) is 5.26 Å². The van der Waals surface area contributed by atoms with Crippen LogP contribution in [0, 0.1) is 11.3 Å². The van der Waals surface area contributed by atoms with E-state index in [2.05, 4.69) is 0 Å². The lowest BCUT2D eigenvalue weighted by molar-refractivity contribution is -0.139. The van der Waals surface area contributed by atoms with Crippen LogP contribution >= 0.6 is 0 Å². The van der Waals surface area contributed by atoms with Crippen LogP contribution in [-0.4, -0.2) is 62.3 Å². The van der Waals surface area contributed by atoms with Crippen molar-refractivity contribution in [2.24, 2.45) is 5.73 Å². The monoisotopic (exact) mass is 534 g/mol. The minimum absolute atomic E-state index is 0.0897. The fourth-order valence-electron chi connectivity index (χ4n) is 4.50. The predicted octanol–water partition coefficient (Wildman–Crippen LogP) is 2.78. The van der Waals surface area contributed by atoms with Gasteiger partial charge >= 0.3 is 11.9 Å². The molecule has 39 heavy (non-hydrogen) atoms. The Morgan fingerprint density at radius 2 is 1.67 bits per heavy atom. The standard InChI is InChI=1S/C28H30N4O7/c1-6-31(7-2)26(34)17-13-19(24(33)20(14-17)37-3)32-23(28(36)39-5)22(27(35)38-4)21(18(15-29)25(32)30)16-11-9-8-10-12-16/h8-14,21,33H,6-7,30H2,1-5H3. The molecule has 1 unspecified atom stereocenters. The zero-order valence-electron chi connectivity index (χ0n) is 22.3. The van der Waals surface area contributed by atoms with Gasteiger partial charge < -0.3 is 30.0 Å². The molecule has 0 saturated carbocycles. The number of nitrogens with two attached hydrogens (primary N) is 1. The molecule has 0 saturated heterocycles. The summed E-state index contributed by atoms with van der Waals surface area (Å²) in [5, 5.41) is 21.4. The van der Waals surface area contributed by atoms with Crippen molar-refractivity contribution >= 4 is 23.5 Å². The predicted molar refractivity (Wildman–Crippen MR) is 141 cm³/mol. The highest BCUT2D eigenvalue weighted by atomic mass is 16.5. The summed E-state index contributed by atoms with van der Waals surface area (Å²) in [5.41, 5.74) is 6.23. The number of ether oxygens (including phenoxy) is 3. The van der Waals surface area contributed by atoms with Gasteiger partial charge in [0, 0.05) is 18.7 Å². The lowest BCUT2D eigenvalue weighted by Gasteiger charge is -2.36. The Balaban J connectivity index is 2.47. The maximum Gasteiger partial charge on any atom is 0.355 e. The van der Waals surface area contributed by atoms with Gasteiger partial charge in [-0.1, -0.05) is 30.3 Å². The van der Waals surface area contributed by atoms with Crippen molar-refractivity contribution in [2.45, 2.75) is 19.8 Å². The van der Waals surface area contributed by atoms with Gasteiger partial charge in [0.15, 0.2) is 11.5 Å². The first-order valence-corrected chi connectivity index (χ1v) is 12.1. The summed E-state index contributed by atoms with van der Waals surface area (Å²) in [5.74, 6) is -4.21. The van der Waals surface area contributed by atoms with E-state index in [1.807, 2.05) is 19.9 Å². The Morgan fingerprint density at radius 3 is 2.18 bits per heavy atom. The molecule has 0 aliphatic carbocycles. The second kappa shape index (κ2) is 12.0. The largest absolute Gasteiger partial charge is 0.503 e. The molecule has 11 heteroatoms. The third kappa shape index (κ3) is 5.09. The lowest BCUT2D eigenvalue weighted by Crippen LogP contribution is -2.41. The molecule has 1 aliphatic rings. The van der Waals surface area contributed by atoms with Crippen molar-refractivity contribution in [3.8, 4) is 17.6 Å². The molecule has 2 aromatic carbocycles. The van der Waals surface area contributed by atoms with E-state index in [1.165, 1.54) is 19.2 Å². The zero-order valence-corrected chi connectivity index (χ0v) is 22.3. The molecule has 0 fully saturated rings. The number of methoxy groups -OCH3 is 3. The molecule has 204 valence electrons. The van der Waals surface area contributed by atoms with Crippen molar-refractivity contribution in [3.05, 3.63) is 76.3 Å². The Hall–Kier alpha value is -4.98. The zero-order chi connectivity index (χ0) is 28.9. The number of nitrogens with zero attached hydrogens (tertiary/aromatic N) is 3. The van der Waals surface area contributed by atoms with Crippen LogP contribution in [-0.2, 0) is 19.1 Å². The fraction of sp³-hybridized carbons (Fsp3) is 0.286. The molecule has 1 heterocycles. The van der Waals surface area contributed by atoms with Crippen molar-refractivity contribution in [1.82, 2.24) is 4.90 Å². The van der Waals surface area contributed by atoms with Gasteiger partial charge in [0.05, 0.1) is 50.2 Å². The maximum absolute atomic E-state index is 13.3. The van der Waals surface area contributed by atoms with E-state index in [0.29, 0.717) is 18.7 Å². The van der Waals surface area contributed by atoms with Crippen LogP contribution in [0.2, 0.25) is 0 Å². The molecule has 0 radical (unpaired) electrons. The second-order valence-corrected chi connectivity index (χ2v) is 8.36. The number of phenols is 1. The van der Waals surface area contributed by atoms with E-state index in [0.717, 1.165) is 19.1 Å². The average Bonchev–Trinajstić information content (AvgIpc) is 2.96. The smallest absolute Gasteiger partial charge is 0.355 e. The number of rotatable bonds is 8. The van der Waals surface area contributed by atoms with Gasteiger partial charge in [-0.25, -0.2) is 9.59 Å². The maximum atomic E-state index is 13.3. The van der Waals surface area contributed by atoms with Gasteiger partial charge in [-0.15, -0.1) is 0 Å². The molecule has 0 spiro atoms. The van der Waals surface area contributed by atoms with Gasteiger partial charge in [0.1, 0.15) is 11.5 Å². The number of anilines is 1. The average molecular weight is 535 g/mol. The quantitative estimate of drug-likeness (QED) is 0.483. The SMILES string of the molecule is CCN(CC)C(=O)c1cc(OC)c(O)c(N2C(N)=C(C#N)C(c3ccccc3)C(C(=O)OC)=C2C(=O)OC)c1. The first kappa shape index (κ1) is 28.6. The summed E-state index contributed by atoms with van der Waals surface area (Å²) in [6.45, 7) is 4.46. The van der Waals surface area contributed by atoms with E-state index < -0.39 is 23.6 Å². The highest BCUT2D eigenvalue weighted by Gasteiger charge is 2.44. The molecule has 0 bridgehead atoms. The topological polar surface area (TPSA) is 155 Å². The molecule has 11 nitrogen and oxygen atoms in total. The molecule has 1 atom stereocenters. The highest BCUT2D eigenvalue weighted by molar-refractivity contribution is 6.07. The van der Waals surface area contributed by atoms with E-state index in [9.17, 15) is 24.8 Å². The molecular formula is C28H30N4O7. The number of benzene rings is 2. The number of nitriles is 1. The highest BCUT2D eigenvalue weighted by Crippen LogP contribution is 2.47. The number of carbonyl (C=O) groups is 3. The number of allylic oxidation sites excluding steroid dienone is 1. The Labute approximate surface area is 226 Å². The summed E-state index contributed by atoms with van der Waals surface area (Å²) in [7, 11) is 3.54. The number of carbonyl (C=O) groups excluding carboxylic acids is 3. The third-order valence-electron chi connectivity index (χ3n) is 6.42. The molecule has 3 N–H and O–H groups in total. The number of hydrogen-bond donors (Lipinski definition) is 2. The lowest BCUT2D eigenvalue weighted by atomic mass is 9.81. The molecule has 2 aromatic rings. The Bertz CT molecular complexity index is 1390. The van der Waals surface area contributed by atoms with E-state index in [1.54, 1.807) is 35.2 Å². The Kier molecular flexibility index (Phi) is 8.83. The molecule has 1 amide bonds. The first-order chi connectivity index (χ1) is 18.7. The van der Waals surface area contributed by atoms with Crippen LogP contribution in [0.15, 0.2) is 65.1 Å². The molecule has 0 aromatic heterocycles. The summed E-state index contributed by atoms with van der Waals surface area (Å²) >= 11 is 0. The minimum Gasteiger partial charge on any atom is -0.503 e. The number of aromatic hydroxyl groups is 1. The van der Waals surface area contributed by atoms with Crippen molar-refractivity contribution in [3.63, 3.8) is 0 Å². The van der Waals surface area contributed by atoms with E-state index in [4.69, 9.17) is 19.9 Å². The van der Waals surface area contributed by atoms with Gasteiger partial charge in [0.25, 0.3) is 5.91 Å². The van der Waals surface area contributed by atoms with Gasteiger partial charge in [0.2, 0.25) is 0 Å². The van der Waals surface area contributed by atoms with E-state index in [-0.39, 0.29) is 45.6 Å². The minimum atomic E-state index is -1.08. The van der Waals surface area contributed by atoms with Crippen molar-refractivity contribution < 1.29 is 33.7 Å². The molecule has 1 aliphatic heterocycles. The first-order valence-electron chi connectivity index (χ1n) is 12.1. The van der Waals surface area contributed by atoms with Crippen LogP contribution in [0.25, 0.3) is 0 Å². The number of amides is 1. The van der Waals surface area contributed by atoms with Crippen molar-refractivity contribution in [2.75, 3.05) is 39.3 Å². The number of esters is 2. The summed E-state index contributed by atoms with van der Waals surface area (Å²) in [4.78, 5) is 42.4. The summed E-state index contributed by atoms with van der Waals surface area (Å²) < 4.78 is 15.4. The summed E-state index contributed by atoms with van der Waals surface area (Å²) in [6, 6.07) is 13.2. The van der Waals surface area contributed by atoms with Crippen LogP contribution in [0.3, 0.4) is 0 Å². The van der Waals surface area contributed by atoms with Gasteiger partial charge in [-0.2, -0.15) is 5.26 Å². The molecular weight excluding hydrogens is 504 g/mol. The summed E-state index contributed by atoms with van der Waals surface area (Å²) in [6.07, 6.45) is 0.